The quantitative estimate of drug-likeness (QED) is 0.672. The summed E-state index contributed by atoms with van der Waals surface area (Å²) in [6.45, 7) is 4.48. The van der Waals surface area contributed by atoms with Crippen LogP contribution in [0, 0.1) is 18.3 Å². The highest BCUT2D eigenvalue weighted by Crippen LogP contribution is 2.17. The number of hydrogen-bond acceptors (Lipinski definition) is 3. The van der Waals surface area contributed by atoms with E-state index in [0.717, 1.165) is 16.9 Å². The van der Waals surface area contributed by atoms with Gasteiger partial charge in [-0.25, -0.2) is 0 Å². The molecule has 2 aromatic rings. The SMILES string of the molecule is CCOc1ccc(NC(=O)C(C#N)=Cc2ccc(C)cc2)cc1. The summed E-state index contributed by atoms with van der Waals surface area (Å²) in [6.07, 6.45) is 1.57. The maximum atomic E-state index is 12.2. The van der Waals surface area contributed by atoms with Gasteiger partial charge in [-0.1, -0.05) is 29.8 Å². The topological polar surface area (TPSA) is 62.1 Å². The average Bonchev–Trinajstić information content (AvgIpc) is 2.56. The number of nitrogens with zero attached hydrogens (tertiary/aromatic N) is 1. The zero-order valence-electron chi connectivity index (χ0n) is 13.2. The first kappa shape index (κ1) is 16.3. The Kier molecular flexibility index (Phi) is 5.54. The smallest absolute Gasteiger partial charge is 0.266 e. The summed E-state index contributed by atoms with van der Waals surface area (Å²) in [5.74, 6) is 0.304. The van der Waals surface area contributed by atoms with Crippen molar-refractivity contribution in [3.63, 3.8) is 0 Å². The number of hydrogen-bond donors (Lipinski definition) is 1. The van der Waals surface area contributed by atoms with Gasteiger partial charge in [-0.05, 0) is 49.8 Å². The molecule has 2 rings (SSSR count). The molecule has 0 bridgehead atoms. The number of carbonyl (C=O) groups is 1. The molecule has 1 amide bonds. The third-order valence-corrected chi connectivity index (χ3v) is 3.18. The molecular weight excluding hydrogens is 288 g/mol. The molecule has 0 spiro atoms. The Morgan fingerprint density at radius 2 is 1.83 bits per heavy atom. The van der Waals surface area contributed by atoms with E-state index in [9.17, 15) is 10.1 Å². The van der Waals surface area contributed by atoms with Crippen molar-refractivity contribution in [3.05, 3.63) is 65.2 Å². The number of nitrogens with one attached hydrogen (secondary N) is 1. The largest absolute Gasteiger partial charge is 0.494 e. The Morgan fingerprint density at radius 3 is 2.39 bits per heavy atom. The molecule has 0 unspecified atom stereocenters. The van der Waals surface area contributed by atoms with E-state index >= 15 is 0 Å². The van der Waals surface area contributed by atoms with Crippen molar-refractivity contribution >= 4 is 17.7 Å². The fraction of sp³-hybridized carbons (Fsp3) is 0.158. The van der Waals surface area contributed by atoms with Crippen LogP contribution in [-0.2, 0) is 4.79 Å². The zero-order chi connectivity index (χ0) is 16.7. The van der Waals surface area contributed by atoms with Gasteiger partial charge in [-0.2, -0.15) is 5.26 Å². The van der Waals surface area contributed by atoms with Gasteiger partial charge in [0.15, 0.2) is 0 Å². The Labute approximate surface area is 136 Å². The highest BCUT2D eigenvalue weighted by molar-refractivity contribution is 6.09. The highest BCUT2D eigenvalue weighted by Gasteiger charge is 2.09. The number of benzene rings is 2. The van der Waals surface area contributed by atoms with Gasteiger partial charge in [-0.3, -0.25) is 4.79 Å². The number of aryl methyl sites for hydroxylation is 1. The standard InChI is InChI=1S/C19H18N2O2/c1-3-23-18-10-8-17(9-11-18)21-19(22)16(13-20)12-15-6-4-14(2)5-7-15/h4-12H,3H2,1-2H3,(H,21,22). The Bertz CT molecular complexity index is 738. The van der Waals surface area contributed by atoms with Gasteiger partial charge in [0.05, 0.1) is 6.61 Å². The van der Waals surface area contributed by atoms with Gasteiger partial charge in [-0.15, -0.1) is 0 Å². The third-order valence-electron chi connectivity index (χ3n) is 3.18. The fourth-order valence-electron chi connectivity index (χ4n) is 1.98. The van der Waals surface area contributed by atoms with Crippen LogP contribution in [0.2, 0.25) is 0 Å². The van der Waals surface area contributed by atoms with E-state index in [1.54, 1.807) is 30.3 Å². The molecule has 116 valence electrons. The number of ether oxygens (including phenoxy) is 1. The normalized spacial score (nSPS) is 10.7. The number of nitriles is 1. The second-order valence-corrected chi connectivity index (χ2v) is 4.99. The number of anilines is 1. The van der Waals surface area contributed by atoms with Crippen molar-refractivity contribution in [2.45, 2.75) is 13.8 Å². The summed E-state index contributed by atoms with van der Waals surface area (Å²) in [5.41, 5.74) is 2.61. The minimum absolute atomic E-state index is 0.0581. The van der Waals surface area contributed by atoms with Crippen LogP contribution < -0.4 is 10.1 Å². The first-order chi connectivity index (χ1) is 11.1. The van der Waals surface area contributed by atoms with Gasteiger partial charge in [0, 0.05) is 5.69 Å². The van der Waals surface area contributed by atoms with Gasteiger partial charge in [0.2, 0.25) is 0 Å². The molecule has 2 aromatic carbocycles. The molecule has 4 nitrogen and oxygen atoms in total. The molecule has 1 N–H and O–H groups in total. The lowest BCUT2D eigenvalue weighted by atomic mass is 10.1. The van der Waals surface area contributed by atoms with E-state index in [2.05, 4.69) is 5.32 Å². The van der Waals surface area contributed by atoms with E-state index in [0.29, 0.717) is 12.3 Å². The monoisotopic (exact) mass is 306 g/mol. The van der Waals surface area contributed by atoms with Crippen molar-refractivity contribution in [1.29, 1.82) is 5.26 Å². The number of amides is 1. The minimum atomic E-state index is -0.433. The van der Waals surface area contributed by atoms with Gasteiger partial charge in [0.1, 0.15) is 17.4 Å². The molecule has 23 heavy (non-hydrogen) atoms. The third kappa shape index (κ3) is 4.72. The van der Waals surface area contributed by atoms with E-state index in [1.807, 2.05) is 44.2 Å². The predicted molar refractivity (Wildman–Crippen MR) is 91.0 cm³/mol. The van der Waals surface area contributed by atoms with E-state index < -0.39 is 5.91 Å². The lowest BCUT2D eigenvalue weighted by molar-refractivity contribution is -0.112. The molecule has 0 aliphatic carbocycles. The van der Waals surface area contributed by atoms with Crippen LogP contribution in [0.4, 0.5) is 5.69 Å². The van der Waals surface area contributed by atoms with E-state index in [-0.39, 0.29) is 5.57 Å². The average molecular weight is 306 g/mol. The van der Waals surface area contributed by atoms with E-state index in [1.165, 1.54) is 0 Å². The lowest BCUT2D eigenvalue weighted by Gasteiger charge is -2.06. The maximum Gasteiger partial charge on any atom is 0.266 e. The van der Waals surface area contributed by atoms with Crippen LogP contribution in [0.25, 0.3) is 6.08 Å². The maximum absolute atomic E-state index is 12.2. The predicted octanol–water partition coefficient (Wildman–Crippen LogP) is 3.94. The van der Waals surface area contributed by atoms with Crippen molar-refractivity contribution in [3.8, 4) is 11.8 Å². The second-order valence-electron chi connectivity index (χ2n) is 4.99. The van der Waals surface area contributed by atoms with Crippen molar-refractivity contribution in [2.75, 3.05) is 11.9 Å². The molecule has 0 aromatic heterocycles. The van der Waals surface area contributed by atoms with E-state index in [4.69, 9.17) is 4.74 Å². The fourth-order valence-corrected chi connectivity index (χ4v) is 1.98. The molecule has 0 aliphatic rings. The molecule has 0 aliphatic heterocycles. The number of rotatable bonds is 5. The molecule has 0 heterocycles. The molecule has 0 saturated carbocycles. The molecule has 0 radical (unpaired) electrons. The van der Waals surface area contributed by atoms with Crippen molar-refractivity contribution in [1.82, 2.24) is 0 Å². The van der Waals surface area contributed by atoms with Crippen LogP contribution >= 0.6 is 0 Å². The number of carbonyl (C=O) groups excluding carboxylic acids is 1. The first-order valence-corrected chi connectivity index (χ1v) is 7.35. The molecule has 0 atom stereocenters. The molecule has 0 saturated heterocycles. The van der Waals surface area contributed by atoms with Crippen LogP contribution in [0.1, 0.15) is 18.1 Å². The Hall–Kier alpha value is -3.06. The van der Waals surface area contributed by atoms with Crippen molar-refractivity contribution < 1.29 is 9.53 Å². The Morgan fingerprint density at radius 1 is 1.17 bits per heavy atom. The van der Waals surface area contributed by atoms with Crippen LogP contribution in [-0.4, -0.2) is 12.5 Å². The van der Waals surface area contributed by atoms with Gasteiger partial charge in [0.25, 0.3) is 5.91 Å². The lowest BCUT2D eigenvalue weighted by Crippen LogP contribution is -2.13. The Balaban J connectivity index is 2.11. The summed E-state index contributed by atoms with van der Waals surface area (Å²) < 4.78 is 5.35. The first-order valence-electron chi connectivity index (χ1n) is 7.35. The molecule has 4 heteroatoms. The molecule has 0 fully saturated rings. The van der Waals surface area contributed by atoms with Crippen LogP contribution in [0.5, 0.6) is 5.75 Å². The van der Waals surface area contributed by atoms with Gasteiger partial charge >= 0.3 is 0 Å². The highest BCUT2D eigenvalue weighted by atomic mass is 16.5. The summed E-state index contributed by atoms with van der Waals surface area (Å²) in [7, 11) is 0. The molecular formula is C19H18N2O2. The van der Waals surface area contributed by atoms with Crippen LogP contribution in [0.3, 0.4) is 0 Å². The second kappa shape index (κ2) is 7.81. The summed E-state index contributed by atoms with van der Waals surface area (Å²) in [6, 6.07) is 16.6. The summed E-state index contributed by atoms with van der Waals surface area (Å²) in [5, 5.41) is 11.9. The van der Waals surface area contributed by atoms with Gasteiger partial charge < -0.3 is 10.1 Å². The summed E-state index contributed by atoms with van der Waals surface area (Å²) >= 11 is 0. The minimum Gasteiger partial charge on any atom is -0.494 e. The van der Waals surface area contributed by atoms with Crippen molar-refractivity contribution in [2.24, 2.45) is 0 Å². The van der Waals surface area contributed by atoms with Crippen LogP contribution in [0.15, 0.2) is 54.1 Å². The summed E-state index contributed by atoms with van der Waals surface area (Å²) in [4.78, 5) is 12.2. The zero-order valence-corrected chi connectivity index (χ0v) is 13.2.